The highest BCUT2D eigenvalue weighted by Gasteiger charge is 2.18. The Bertz CT molecular complexity index is 1620. The van der Waals surface area contributed by atoms with Crippen molar-refractivity contribution in [1.29, 1.82) is 0 Å². The number of rotatable bonds is 3. The van der Waals surface area contributed by atoms with Crippen LogP contribution in [0.4, 0.5) is 4.39 Å². The lowest BCUT2D eigenvalue weighted by Crippen LogP contribution is -1.95. The first-order chi connectivity index (χ1) is 15.6. The lowest BCUT2D eigenvalue weighted by molar-refractivity contribution is 0.636. The average Bonchev–Trinajstić information content (AvgIpc) is 3.51. The van der Waals surface area contributed by atoms with Crippen LogP contribution in [0.15, 0.2) is 55.4 Å². The molecule has 5 aromatic heterocycles. The minimum atomic E-state index is -0.407. The number of aryl methyl sites for hydroxylation is 2. The van der Waals surface area contributed by atoms with Crippen LogP contribution in [0.5, 0.6) is 0 Å². The molecule has 9 heteroatoms. The minimum Gasteiger partial charge on any atom is -0.336 e. The van der Waals surface area contributed by atoms with E-state index >= 15 is 0 Å². The number of nitrogens with zero attached hydrogens (tertiary/aromatic N) is 6. The highest BCUT2D eigenvalue weighted by molar-refractivity contribution is 5.96. The number of hydrogen-bond acceptors (Lipinski definition) is 5. The molecule has 0 bridgehead atoms. The van der Waals surface area contributed by atoms with Crippen molar-refractivity contribution in [3.8, 4) is 28.5 Å². The normalized spacial score (nSPS) is 11.6. The lowest BCUT2D eigenvalue weighted by Gasteiger charge is -2.06. The van der Waals surface area contributed by atoms with Crippen LogP contribution in [0.25, 0.3) is 50.4 Å². The van der Waals surface area contributed by atoms with Crippen molar-refractivity contribution in [2.45, 2.75) is 13.8 Å². The van der Waals surface area contributed by atoms with Gasteiger partial charge in [-0.2, -0.15) is 5.10 Å². The second-order valence-corrected chi connectivity index (χ2v) is 7.68. The molecule has 0 aliphatic heterocycles. The Hall–Kier alpha value is -4.40. The summed E-state index contributed by atoms with van der Waals surface area (Å²) in [7, 11) is 0. The SMILES string of the molecule is Cc1cn(-c2nccc3[nH]c(-c4[nH]nc5c(F)cc(-c6cnccc6C)cc45)nc23)cn1. The molecule has 6 aromatic rings. The summed E-state index contributed by atoms with van der Waals surface area (Å²) >= 11 is 0. The van der Waals surface area contributed by atoms with E-state index in [0.29, 0.717) is 28.2 Å². The summed E-state index contributed by atoms with van der Waals surface area (Å²) in [5.41, 5.74) is 5.84. The van der Waals surface area contributed by atoms with Crippen molar-refractivity contribution in [1.82, 2.24) is 39.7 Å². The first-order valence-corrected chi connectivity index (χ1v) is 10.0. The van der Waals surface area contributed by atoms with Crippen molar-refractivity contribution in [2.75, 3.05) is 0 Å². The molecule has 6 rings (SSSR count). The number of benzene rings is 1. The van der Waals surface area contributed by atoms with Gasteiger partial charge in [0, 0.05) is 35.7 Å². The van der Waals surface area contributed by atoms with Crippen LogP contribution >= 0.6 is 0 Å². The van der Waals surface area contributed by atoms with Crippen LogP contribution in [0.1, 0.15) is 11.3 Å². The standard InChI is InChI=1S/C23H17FN8/c1-12-3-5-25-9-16(12)14-7-15-19(17(24)8-14)30-31-20(15)22-28-18-4-6-26-23(21(18)29-22)32-10-13(2)27-11-32/h3-11H,1-2H3,(H,28,29)(H,30,31). The van der Waals surface area contributed by atoms with Crippen molar-refractivity contribution >= 4 is 21.9 Å². The Morgan fingerprint density at radius 1 is 1.03 bits per heavy atom. The largest absolute Gasteiger partial charge is 0.336 e. The Morgan fingerprint density at radius 2 is 1.94 bits per heavy atom. The molecular formula is C23H17FN8. The summed E-state index contributed by atoms with van der Waals surface area (Å²) in [5, 5.41) is 7.78. The number of aromatic amines is 2. The Labute approximate surface area is 181 Å². The van der Waals surface area contributed by atoms with Crippen molar-refractivity contribution in [2.24, 2.45) is 0 Å². The monoisotopic (exact) mass is 424 g/mol. The molecule has 5 heterocycles. The zero-order valence-corrected chi connectivity index (χ0v) is 17.3. The number of nitrogens with one attached hydrogen (secondary N) is 2. The van der Waals surface area contributed by atoms with Gasteiger partial charge in [0.2, 0.25) is 0 Å². The highest BCUT2D eigenvalue weighted by atomic mass is 19.1. The molecule has 0 saturated carbocycles. The third-order valence-electron chi connectivity index (χ3n) is 5.54. The molecule has 0 radical (unpaired) electrons. The molecular weight excluding hydrogens is 407 g/mol. The number of hydrogen-bond donors (Lipinski definition) is 2. The van der Waals surface area contributed by atoms with E-state index in [0.717, 1.165) is 27.9 Å². The van der Waals surface area contributed by atoms with Crippen LogP contribution in [-0.4, -0.2) is 39.7 Å². The minimum absolute atomic E-state index is 0.259. The van der Waals surface area contributed by atoms with E-state index in [4.69, 9.17) is 4.98 Å². The molecule has 8 nitrogen and oxygen atoms in total. The summed E-state index contributed by atoms with van der Waals surface area (Å²) in [6.07, 6.45) is 8.76. The van der Waals surface area contributed by atoms with Gasteiger partial charge in [-0.25, -0.2) is 19.3 Å². The highest BCUT2D eigenvalue weighted by Crippen LogP contribution is 2.33. The number of halogens is 1. The van der Waals surface area contributed by atoms with Crippen LogP contribution in [0.2, 0.25) is 0 Å². The predicted octanol–water partition coefficient (Wildman–Crippen LogP) is 4.50. The quantitative estimate of drug-likeness (QED) is 0.435. The van der Waals surface area contributed by atoms with Gasteiger partial charge in [-0.15, -0.1) is 0 Å². The maximum absolute atomic E-state index is 14.9. The van der Waals surface area contributed by atoms with E-state index in [9.17, 15) is 4.39 Å². The number of fused-ring (bicyclic) bond motifs is 2. The third-order valence-corrected chi connectivity index (χ3v) is 5.54. The molecule has 0 atom stereocenters. The molecule has 156 valence electrons. The fraction of sp³-hybridized carbons (Fsp3) is 0.0870. The summed E-state index contributed by atoms with van der Waals surface area (Å²) in [6.45, 7) is 3.89. The molecule has 2 N–H and O–H groups in total. The van der Waals surface area contributed by atoms with Gasteiger partial charge in [-0.3, -0.25) is 14.6 Å². The fourth-order valence-corrected chi connectivity index (χ4v) is 3.94. The molecule has 0 unspecified atom stereocenters. The molecule has 0 aliphatic rings. The van der Waals surface area contributed by atoms with E-state index in [1.54, 1.807) is 24.9 Å². The van der Waals surface area contributed by atoms with Gasteiger partial charge in [-0.05, 0) is 49.2 Å². The zero-order chi connectivity index (χ0) is 21.8. The van der Waals surface area contributed by atoms with Crippen LogP contribution in [-0.2, 0) is 0 Å². The van der Waals surface area contributed by atoms with Crippen LogP contribution < -0.4 is 0 Å². The number of H-pyrrole nitrogens is 2. The van der Waals surface area contributed by atoms with Crippen molar-refractivity contribution in [3.05, 3.63) is 72.5 Å². The Kier molecular flexibility index (Phi) is 3.91. The first kappa shape index (κ1) is 18.4. The van der Waals surface area contributed by atoms with Crippen molar-refractivity contribution in [3.63, 3.8) is 0 Å². The molecule has 0 spiro atoms. The van der Waals surface area contributed by atoms with E-state index in [-0.39, 0.29) is 5.52 Å². The average molecular weight is 424 g/mol. The van der Waals surface area contributed by atoms with E-state index < -0.39 is 5.82 Å². The van der Waals surface area contributed by atoms with E-state index in [1.807, 2.05) is 42.8 Å². The van der Waals surface area contributed by atoms with Crippen LogP contribution in [0, 0.1) is 19.7 Å². The van der Waals surface area contributed by atoms with Gasteiger partial charge in [0.05, 0.1) is 11.2 Å². The maximum atomic E-state index is 14.9. The molecule has 0 aliphatic carbocycles. The summed E-state index contributed by atoms with van der Waals surface area (Å²) in [6, 6.07) is 7.15. The second-order valence-electron chi connectivity index (χ2n) is 7.68. The Balaban J connectivity index is 1.55. The number of aromatic nitrogens is 8. The molecule has 32 heavy (non-hydrogen) atoms. The first-order valence-electron chi connectivity index (χ1n) is 10.0. The lowest BCUT2D eigenvalue weighted by atomic mass is 10.0. The molecule has 1 aromatic carbocycles. The smallest absolute Gasteiger partial charge is 0.166 e. The van der Waals surface area contributed by atoms with E-state index in [1.165, 1.54) is 6.07 Å². The van der Waals surface area contributed by atoms with E-state index in [2.05, 4.69) is 30.1 Å². The van der Waals surface area contributed by atoms with Gasteiger partial charge >= 0.3 is 0 Å². The molecule has 0 fully saturated rings. The zero-order valence-electron chi connectivity index (χ0n) is 17.3. The third kappa shape index (κ3) is 2.78. The molecule has 0 saturated heterocycles. The predicted molar refractivity (Wildman–Crippen MR) is 119 cm³/mol. The van der Waals surface area contributed by atoms with Gasteiger partial charge < -0.3 is 4.98 Å². The van der Waals surface area contributed by atoms with Gasteiger partial charge in [0.15, 0.2) is 17.5 Å². The maximum Gasteiger partial charge on any atom is 0.166 e. The molecule has 0 amide bonds. The fourth-order valence-electron chi connectivity index (χ4n) is 3.94. The van der Waals surface area contributed by atoms with Crippen LogP contribution in [0.3, 0.4) is 0 Å². The Morgan fingerprint density at radius 3 is 2.75 bits per heavy atom. The number of imidazole rings is 2. The summed E-state index contributed by atoms with van der Waals surface area (Å²) in [5.74, 6) is 0.802. The topological polar surface area (TPSA) is 101 Å². The summed E-state index contributed by atoms with van der Waals surface area (Å²) in [4.78, 5) is 21.0. The number of pyridine rings is 2. The summed E-state index contributed by atoms with van der Waals surface area (Å²) < 4.78 is 16.8. The van der Waals surface area contributed by atoms with Gasteiger partial charge in [-0.1, -0.05) is 0 Å². The van der Waals surface area contributed by atoms with Gasteiger partial charge in [0.25, 0.3) is 0 Å². The van der Waals surface area contributed by atoms with Gasteiger partial charge in [0.1, 0.15) is 23.1 Å². The van der Waals surface area contributed by atoms with Crippen molar-refractivity contribution < 1.29 is 4.39 Å². The second kappa shape index (κ2) is 6.81.